The molecule has 164 valence electrons. The molecule has 30 heavy (non-hydrogen) atoms. The molecule has 2 aliphatic carbocycles. The van der Waals surface area contributed by atoms with E-state index >= 15 is 0 Å². The maximum atomic E-state index is 13.6. The van der Waals surface area contributed by atoms with Crippen LogP contribution in [0.2, 0.25) is 0 Å². The molecule has 4 rings (SSSR count). The van der Waals surface area contributed by atoms with Crippen LogP contribution >= 0.6 is 15.9 Å². The molecule has 2 aliphatic rings. The number of fused-ring (bicyclic) bond motifs is 3. The van der Waals surface area contributed by atoms with Gasteiger partial charge in [0.05, 0.1) is 16.8 Å². The van der Waals surface area contributed by atoms with Crippen molar-refractivity contribution in [3.8, 4) is 0 Å². The Morgan fingerprint density at radius 1 is 1.30 bits per heavy atom. The number of para-hydroxylation sites is 1. The number of benzene rings is 1. The number of aryl methyl sites for hydroxylation is 1. The zero-order valence-electron chi connectivity index (χ0n) is 18.4. The first-order valence-corrected chi connectivity index (χ1v) is 13.5. The molecule has 0 radical (unpaired) electrons. The number of sulfone groups is 1. The number of halogens is 1. The van der Waals surface area contributed by atoms with Gasteiger partial charge in [0.15, 0.2) is 0 Å². The normalized spacial score (nSPS) is 27.7. The summed E-state index contributed by atoms with van der Waals surface area (Å²) < 4.78 is 26.4. The summed E-state index contributed by atoms with van der Waals surface area (Å²) in [6.45, 7) is 9.12. The van der Waals surface area contributed by atoms with Gasteiger partial charge < -0.3 is 9.88 Å². The summed E-state index contributed by atoms with van der Waals surface area (Å²) >= 11 is 3.60. The second kappa shape index (κ2) is 7.09. The molecule has 2 saturated carbocycles. The van der Waals surface area contributed by atoms with Crippen molar-refractivity contribution in [2.24, 2.45) is 16.7 Å². The van der Waals surface area contributed by atoms with Crippen LogP contribution in [0.4, 0.5) is 0 Å². The standard InChI is InChI=1S/C23H31BrN2O3S/c1-14-18(20(27)25-21-22(2,3)15-9-10-23(21,4)13-15)16-7-6-8-17(24)19(16)26(14)11-12-30(5,28)29/h6-8,15,21H,9-13H2,1-5H3,(H,25,27). The van der Waals surface area contributed by atoms with Crippen LogP contribution in [0.5, 0.6) is 0 Å². The number of carbonyl (C=O) groups is 1. The molecule has 2 aromatic rings. The van der Waals surface area contributed by atoms with Crippen LogP contribution in [-0.2, 0) is 16.4 Å². The number of rotatable bonds is 5. The van der Waals surface area contributed by atoms with Crippen molar-refractivity contribution in [2.75, 3.05) is 12.0 Å². The van der Waals surface area contributed by atoms with Crippen molar-refractivity contribution in [3.63, 3.8) is 0 Å². The van der Waals surface area contributed by atoms with Crippen molar-refractivity contribution in [1.82, 2.24) is 9.88 Å². The Hall–Kier alpha value is -1.34. The van der Waals surface area contributed by atoms with Crippen LogP contribution in [-0.4, -0.2) is 36.9 Å². The molecule has 0 saturated heterocycles. The van der Waals surface area contributed by atoms with E-state index in [1.807, 2.05) is 29.7 Å². The second-order valence-corrected chi connectivity index (χ2v) is 13.3. The highest BCUT2D eigenvalue weighted by molar-refractivity contribution is 9.10. The highest BCUT2D eigenvalue weighted by Crippen LogP contribution is 2.62. The smallest absolute Gasteiger partial charge is 0.253 e. The minimum absolute atomic E-state index is 0.0371. The molecule has 5 nitrogen and oxygen atoms in total. The van der Waals surface area contributed by atoms with Crippen LogP contribution in [0.15, 0.2) is 22.7 Å². The largest absolute Gasteiger partial charge is 0.348 e. The van der Waals surface area contributed by atoms with E-state index in [4.69, 9.17) is 0 Å². The Labute approximate surface area is 187 Å². The van der Waals surface area contributed by atoms with Gasteiger partial charge in [-0.05, 0) is 64.9 Å². The van der Waals surface area contributed by atoms with Crippen LogP contribution in [0.3, 0.4) is 0 Å². The van der Waals surface area contributed by atoms with Gasteiger partial charge in [0.1, 0.15) is 9.84 Å². The number of nitrogens with one attached hydrogen (secondary N) is 1. The number of hydrogen-bond acceptors (Lipinski definition) is 3. The predicted octanol–water partition coefficient (Wildman–Crippen LogP) is 4.70. The van der Waals surface area contributed by atoms with Gasteiger partial charge in [0.2, 0.25) is 0 Å². The summed E-state index contributed by atoms with van der Waals surface area (Å²) in [5.41, 5.74) is 2.56. The summed E-state index contributed by atoms with van der Waals surface area (Å²) in [5, 5.41) is 4.27. The highest BCUT2D eigenvalue weighted by atomic mass is 79.9. The van der Waals surface area contributed by atoms with E-state index in [9.17, 15) is 13.2 Å². The van der Waals surface area contributed by atoms with Crippen molar-refractivity contribution in [3.05, 3.63) is 33.9 Å². The molecule has 1 amide bonds. The van der Waals surface area contributed by atoms with Gasteiger partial charge in [-0.1, -0.05) is 32.9 Å². The lowest BCUT2D eigenvalue weighted by molar-refractivity contribution is 0.0738. The van der Waals surface area contributed by atoms with Crippen LogP contribution in [0.1, 0.15) is 56.1 Å². The fourth-order valence-electron chi connectivity index (χ4n) is 6.18. The Bertz CT molecular complexity index is 1130. The SMILES string of the molecule is Cc1c(C(=O)NC2C3(C)CCC(C3)C2(C)C)c2cccc(Br)c2n1CCS(C)(=O)=O. The molecule has 1 aromatic heterocycles. The second-order valence-electron chi connectivity index (χ2n) is 10.2. The van der Waals surface area contributed by atoms with Crippen LogP contribution in [0, 0.1) is 23.7 Å². The molecule has 0 spiro atoms. The third kappa shape index (κ3) is 3.42. The molecule has 2 bridgehead atoms. The summed E-state index contributed by atoms with van der Waals surface area (Å²) in [7, 11) is -3.12. The maximum Gasteiger partial charge on any atom is 0.253 e. The number of hydrogen-bond donors (Lipinski definition) is 1. The Kier molecular flexibility index (Phi) is 5.17. The summed E-state index contributed by atoms with van der Waals surface area (Å²) in [5.74, 6) is 0.634. The van der Waals surface area contributed by atoms with Crippen molar-refractivity contribution in [2.45, 2.75) is 59.5 Å². The lowest BCUT2D eigenvalue weighted by atomic mass is 9.68. The predicted molar refractivity (Wildman–Crippen MR) is 125 cm³/mol. The average Bonchev–Trinajstić information content (AvgIpc) is 3.21. The first kappa shape index (κ1) is 21.9. The Balaban J connectivity index is 1.75. The zero-order valence-corrected chi connectivity index (χ0v) is 20.8. The Morgan fingerprint density at radius 2 is 2.00 bits per heavy atom. The van der Waals surface area contributed by atoms with Crippen molar-refractivity contribution < 1.29 is 13.2 Å². The fourth-order valence-corrected chi connectivity index (χ4v) is 7.27. The quantitative estimate of drug-likeness (QED) is 0.654. The third-order valence-electron chi connectivity index (χ3n) is 7.75. The fraction of sp³-hybridized carbons (Fsp3) is 0.609. The van der Waals surface area contributed by atoms with Gasteiger partial charge in [0, 0.05) is 34.4 Å². The average molecular weight is 495 g/mol. The van der Waals surface area contributed by atoms with Gasteiger partial charge in [-0.15, -0.1) is 0 Å². The summed E-state index contributed by atoms with van der Waals surface area (Å²) in [6.07, 6.45) is 4.82. The minimum atomic E-state index is -3.12. The summed E-state index contributed by atoms with van der Waals surface area (Å²) in [4.78, 5) is 13.6. The maximum absolute atomic E-state index is 13.6. The first-order chi connectivity index (χ1) is 13.8. The zero-order chi connectivity index (χ0) is 22.1. The molecule has 1 N–H and O–H groups in total. The summed E-state index contributed by atoms with van der Waals surface area (Å²) in [6, 6.07) is 5.94. The molecular weight excluding hydrogens is 464 g/mol. The third-order valence-corrected chi connectivity index (χ3v) is 9.31. The number of nitrogens with zero attached hydrogens (tertiary/aromatic N) is 1. The van der Waals surface area contributed by atoms with Crippen LogP contribution < -0.4 is 5.32 Å². The van der Waals surface area contributed by atoms with Gasteiger partial charge in [-0.3, -0.25) is 4.79 Å². The van der Waals surface area contributed by atoms with E-state index in [0.29, 0.717) is 18.0 Å². The Morgan fingerprint density at radius 3 is 2.60 bits per heavy atom. The molecule has 3 atom stereocenters. The molecule has 0 aliphatic heterocycles. The van der Waals surface area contributed by atoms with Crippen molar-refractivity contribution in [1.29, 1.82) is 0 Å². The minimum Gasteiger partial charge on any atom is -0.348 e. The monoisotopic (exact) mass is 494 g/mol. The molecule has 2 fully saturated rings. The topological polar surface area (TPSA) is 68.2 Å². The molecule has 7 heteroatoms. The number of amides is 1. The number of aromatic nitrogens is 1. The van der Waals surface area contributed by atoms with Crippen LogP contribution in [0.25, 0.3) is 10.9 Å². The van der Waals surface area contributed by atoms with E-state index in [0.717, 1.165) is 27.5 Å². The molecule has 3 unspecified atom stereocenters. The van der Waals surface area contributed by atoms with Crippen molar-refractivity contribution >= 4 is 42.6 Å². The number of carbonyl (C=O) groups excluding carboxylic acids is 1. The lowest BCUT2D eigenvalue weighted by Crippen LogP contribution is -2.52. The van der Waals surface area contributed by atoms with Gasteiger partial charge >= 0.3 is 0 Å². The van der Waals surface area contributed by atoms with Gasteiger partial charge in [0.25, 0.3) is 5.91 Å². The van der Waals surface area contributed by atoms with E-state index in [-0.39, 0.29) is 28.5 Å². The van der Waals surface area contributed by atoms with E-state index in [1.54, 1.807) is 0 Å². The van der Waals surface area contributed by atoms with E-state index in [2.05, 4.69) is 42.0 Å². The highest BCUT2D eigenvalue weighted by Gasteiger charge is 2.59. The molecule has 1 heterocycles. The van der Waals surface area contributed by atoms with E-state index < -0.39 is 9.84 Å². The molecular formula is C23H31BrN2O3S. The van der Waals surface area contributed by atoms with Gasteiger partial charge in [-0.2, -0.15) is 0 Å². The first-order valence-electron chi connectivity index (χ1n) is 10.6. The lowest BCUT2D eigenvalue weighted by Gasteiger charge is -2.43. The van der Waals surface area contributed by atoms with Gasteiger partial charge in [-0.25, -0.2) is 8.42 Å². The van der Waals surface area contributed by atoms with E-state index in [1.165, 1.54) is 19.1 Å². The molecule has 1 aromatic carbocycles.